The molecule has 0 unspecified atom stereocenters. The highest BCUT2D eigenvalue weighted by Crippen LogP contribution is 2.45. The minimum Gasteiger partial charge on any atom is -0.323 e. The molecule has 4 amide bonds. The van der Waals surface area contributed by atoms with Gasteiger partial charge in [-0.2, -0.15) is 0 Å². The third-order valence-corrected chi connectivity index (χ3v) is 6.56. The normalized spacial score (nSPS) is 25.1. The zero-order valence-corrected chi connectivity index (χ0v) is 17.2. The van der Waals surface area contributed by atoms with Crippen molar-refractivity contribution in [2.45, 2.75) is 65.3 Å². The van der Waals surface area contributed by atoms with E-state index in [1.807, 2.05) is 13.0 Å². The number of urea groups is 1. The molecule has 2 aliphatic rings. The number of hydrogen-bond acceptors (Lipinski definition) is 4. The van der Waals surface area contributed by atoms with Gasteiger partial charge in [0.2, 0.25) is 5.91 Å². The average Bonchev–Trinajstić information content (AvgIpc) is 2.86. The van der Waals surface area contributed by atoms with Crippen molar-refractivity contribution in [3.63, 3.8) is 0 Å². The van der Waals surface area contributed by atoms with E-state index in [2.05, 4.69) is 36.4 Å². The fourth-order valence-corrected chi connectivity index (χ4v) is 4.28. The molecule has 2 N–H and O–H groups in total. The van der Waals surface area contributed by atoms with E-state index in [1.165, 1.54) is 0 Å². The number of nitrogens with one attached hydrogen (secondary N) is 2. The monoisotopic (exact) mass is 386 g/mol. The molecule has 7 nitrogen and oxygen atoms in total. The SMILES string of the molecule is CCC(C)(C)C1CCC2(CC1)NC(=O)N(CC(=O)Nc1cccc(C)n1)C2=O. The Kier molecular flexibility index (Phi) is 5.46. The van der Waals surface area contributed by atoms with Crippen LogP contribution in [0.25, 0.3) is 0 Å². The summed E-state index contributed by atoms with van der Waals surface area (Å²) in [6, 6.07) is 4.81. The number of amides is 4. The molecule has 152 valence electrons. The number of hydrogen-bond donors (Lipinski definition) is 2. The fraction of sp³-hybridized carbons (Fsp3) is 0.619. The van der Waals surface area contributed by atoms with Gasteiger partial charge in [0.25, 0.3) is 5.91 Å². The molecule has 7 heteroatoms. The van der Waals surface area contributed by atoms with Crippen LogP contribution in [0.3, 0.4) is 0 Å². The Balaban J connectivity index is 1.63. The molecule has 3 rings (SSSR count). The number of imide groups is 1. The van der Waals surface area contributed by atoms with Crippen molar-refractivity contribution in [3.8, 4) is 0 Å². The minimum atomic E-state index is -0.848. The molecule has 0 radical (unpaired) electrons. The number of anilines is 1. The summed E-state index contributed by atoms with van der Waals surface area (Å²) in [6.45, 7) is 8.25. The summed E-state index contributed by atoms with van der Waals surface area (Å²) in [5, 5.41) is 5.53. The van der Waals surface area contributed by atoms with Crippen molar-refractivity contribution in [3.05, 3.63) is 23.9 Å². The summed E-state index contributed by atoms with van der Waals surface area (Å²) in [6.07, 6.45) is 4.15. The van der Waals surface area contributed by atoms with Crippen molar-refractivity contribution in [2.75, 3.05) is 11.9 Å². The van der Waals surface area contributed by atoms with E-state index < -0.39 is 17.5 Å². The van der Waals surface area contributed by atoms with Crippen molar-refractivity contribution < 1.29 is 14.4 Å². The molecule has 0 aromatic carbocycles. The van der Waals surface area contributed by atoms with E-state index in [1.54, 1.807) is 12.1 Å². The lowest BCUT2D eigenvalue weighted by molar-refractivity contribution is -0.135. The molecule has 1 saturated heterocycles. The van der Waals surface area contributed by atoms with E-state index >= 15 is 0 Å². The number of rotatable bonds is 5. The molecule has 1 saturated carbocycles. The number of pyridine rings is 1. The van der Waals surface area contributed by atoms with Gasteiger partial charge in [-0.3, -0.25) is 14.5 Å². The number of carbonyl (C=O) groups is 3. The molecule has 1 aromatic rings. The van der Waals surface area contributed by atoms with Gasteiger partial charge in [-0.1, -0.05) is 33.3 Å². The van der Waals surface area contributed by atoms with Crippen molar-refractivity contribution in [1.29, 1.82) is 0 Å². The fourth-order valence-electron chi connectivity index (χ4n) is 4.28. The Morgan fingerprint density at radius 1 is 1.32 bits per heavy atom. The van der Waals surface area contributed by atoms with Gasteiger partial charge in [-0.05, 0) is 56.1 Å². The van der Waals surface area contributed by atoms with Crippen LogP contribution in [0.1, 0.15) is 58.6 Å². The van der Waals surface area contributed by atoms with Crippen LogP contribution >= 0.6 is 0 Å². The molecule has 1 spiro atoms. The number of aromatic nitrogens is 1. The van der Waals surface area contributed by atoms with E-state index in [4.69, 9.17) is 0 Å². The zero-order valence-electron chi connectivity index (χ0n) is 17.2. The number of aryl methyl sites for hydroxylation is 1. The first kappa shape index (κ1) is 20.3. The van der Waals surface area contributed by atoms with Gasteiger partial charge in [-0.25, -0.2) is 9.78 Å². The van der Waals surface area contributed by atoms with Crippen LogP contribution in [0.15, 0.2) is 18.2 Å². The Bertz CT molecular complexity index is 782. The summed E-state index contributed by atoms with van der Waals surface area (Å²) in [5.41, 5.74) is 0.158. The Morgan fingerprint density at radius 2 is 2.00 bits per heavy atom. The molecule has 0 atom stereocenters. The second kappa shape index (κ2) is 7.53. The first-order valence-corrected chi connectivity index (χ1v) is 10.0. The predicted octanol–water partition coefficient (Wildman–Crippen LogP) is 3.25. The zero-order chi connectivity index (χ0) is 20.5. The van der Waals surface area contributed by atoms with E-state index in [-0.39, 0.29) is 17.9 Å². The lowest BCUT2D eigenvalue weighted by atomic mass is 9.65. The van der Waals surface area contributed by atoms with Gasteiger partial charge in [0.15, 0.2) is 0 Å². The van der Waals surface area contributed by atoms with Crippen LogP contribution in [0, 0.1) is 18.3 Å². The number of carbonyl (C=O) groups excluding carboxylic acids is 3. The van der Waals surface area contributed by atoms with Crippen molar-refractivity contribution >= 4 is 23.7 Å². The van der Waals surface area contributed by atoms with Crippen LogP contribution in [0.5, 0.6) is 0 Å². The second-order valence-corrected chi connectivity index (χ2v) is 8.73. The second-order valence-electron chi connectivity index (χ2n) is 8.73. The molecule has 1 aliphatic carbocycles. The molecule has 28 heavy (non-hydrogen) atoms. The van der Waals surface area contributed by atoms with Gasteiger partial charge in [0.05, 0.1) is 0 Å². The van der Waals surface area contributed by atoms with Crippen molar-refractivity contribution in [1.82, 2.24) is 15.2 Å². The van der Waals surface area contributed by atoms with Gasteiger partial charge in [-0.15, -0.1) is 0 Å². The van der Waals surface area contributed by atoms with E-state index in [0.717, 1.165) is 29.9 Å². The minimum absolute atomic E-state index is 0.230. The highest BCUT2D eigenvalue weighted by atomic mass is 16.2. The maximum absolute atomic E-state index is 13.0. The number of nitrogens with zero attached hydrogens (tertiary/aromatic N) is 2. The predicted molar refractivity (Wildman–Crippen MR) is 107 cm³/mol. The van der Waals surface area contributed by atoms with E-state index in [0.29, 0.717) is 24.6 Å². The first-order valence-electron chi connectivity index (χ1n) is 10.0. The lowest BCUT2D eigenvalue weighted by Crippen LogP contribution is -2.51. The Labute approximate surface area is 166 Å². The molecule has 1 aromatic heterocycles. The maximum atomic E-state index is 13.0. The smallest absolute Gasteiger partial charge is 0.323 e. The van der Waals surface area contributed by atoms with Gasteiger partial charge in [0.1, 0.15) is 17.9 Å². The summed E-state index contributed by atoms with van der Waals surface area (Å²) in [4.78, 5) is 43.0. The highest BCUT2D eigenvalue weighted by Gasteiger charge is 2.53. The molecular formula is C21H30N4O3. The topological polar surface area (TPSA) is 91.4 Å². The summed E-state index contributed by atoms with van der Waals surface area (Å²) in [7, 11) is 0. The third kappa shape index (κ3) is 3.88. The third-order valence-electron chi connectivity index (χ3n) is 6.56. The van der Waals surface area contributed by atoms with Crippen LogP contribution in [-0.2, 0) is 9.59 Å². The molecule has 1 aliphatic heterocycles. The van der Waals surface area contributed by atoms with Crippen molar-refractivity contribution in [2.24, 2.45) is 11.3 Å². The van der Waals surface area contributed by atoms with Crippen LogP contribution in [-0.4, -0.2) is 39.8 Å². The lowest BCUT2D eigenvalue weighted by Gasteiger charge is -2.42. The maximum Gasteiger partial charge on any atom is 0.325 e. The van der Waals surface area contributed by atoms with Crippen LogP contribution < -0.4 is 10.6 Å². The summed E-state index contributed by atoms with van der Waals surface area (Å²) in [5.74, 6) is 0.240. The van der Waals surface area contributed by atoms with Gasteiger partial charge >= 0.3 is 6.03 Å². The highest BCUT2D eigenvalue weighted by molar-refractivity contribution is 6.10. The van der Waals surface area contributed by atoms with Crippen LogP contribution in [0.2, 0.25) is 0 Å². The summed E-state index contributed by atoms with van der Waals surface area (Å²) < 4.78 is 0. The molecular weight excluding hydrogens is 356 g/mol. The quantitative estimate of drug-likeness (QED) is 0.760. The van der Waals surface area contributed by atoms with E-state index in [9.17, 15) is 14.4 Å². The average molecular weight is 386 g/mol. The van der Waals surface area contributed by atoms with Gasteiger partial charge < -0.3 is 10.6 Å². The molecule has 0 bridgehead atoms. The van der Waals surface area contributed by atoms with Gasteiger partial charge in [0, 0.05) is 5.69 Å². The molecule has 2 fully saturated rings. The Hall–Kier alpha value is -2.44. The largest absolute Gasteiger partial charge is 0.325 e. The summed E-state index contributed by atoms with van der Waals surface area (Å²) >= 11 is 0. The Morgan fingerprint density at radius 3 is 2.61 bits per heavy atom. The molecule has 2 heterocycles. The first-order chi connectivity index (χ1) is 13.2. The standard InChI is InChI=1S/C21H30N4O3/c1-5-20(3,4)15-9-11-21(12-10-15)18(27)25(19(28)24-21)13-17(26)23-16-8-6-7-14(2)22-16/h6-8,15H,5,9-13H2,1-4H3,(H,24,28)(H,22,23,26). The van der Waals surface area contributed by atoms with Crippen LogP contribution in [0.4, 0.5) is 10.6 Å².